The van der Waals surface area contributed by atoms with Crippen LogP contribution >= 0.6 is 0 Å². The smallest absolute Gasteiger partial charge is 0.0297 e. The molecule has 9 saturated carbocycles. The first kappa shape index (κ1) is 73.0. The van der Waals surface area contributed by atoms with Gasteiger partial charge in [0.2, 0.25) is 0 Å². The van der Waals surface area contributed by atoms with Crippen LogP contribution in [0.1, 0.15) is 331 Å². The van der Waals surface area contributed by atoms with Crippen LogP contribution in [0.3, 0.4) is 0 Å². The van der Waals surface area contributed by atoms with Gasteiger partial charge in [0.1, 0.15) is 0 Å². The second-order valence-electron chi connectivity index (χ2n) is 34.2. The largest absolute Gasteiger partial charge is 0.0651 e. The molecule has 0 heteroatoms. The van der Waals surface area contributed by atoms with E-state index < -0.39 is 0 Å². The fourth-order valence-electron chi connectivity index (χ4n) is 11.3. The highest BCUT2D eigenvalue weighted by atomic mass is 14.5. The molecule has 9 rings (SSSR count). The van der Waals surface area contributed by atoms with Crippen LogP contribution in [0.5, 0.6) is 0 Å². The fraction of sp³-hybridized carbons (Fsp3) is 1.00. The van der Waals surface area contributed by atoms with Crippen LogP contribution in [-0.4, -0.2) is 0 Å². The zero-order chi connectivity index (χ0) is 57.4. The predicted octanol–water partition coefficient (Wildman–Crippen LogP) is 25.3. The van der Waals surface area contributed by atoms with Gasteiger partial charge in [-0.1, -0.05) is 234 Å². The Labute approximate surface area is 467 Å². The lowest BCUT2D eigenvalue weighted by atomic mass is 9.64. The van der Waals surface area contributed by atoms with Gasteiger partial charge in [0, 0.05) is 0 Å². The highest BCUT2D eigenvalue weighted by Gasteiger charge is 2.49. The van der Waals surface area contributed by atoms with Crippen molar-refractivity contribution in [3.63, 3.8) is 0 Å². The minimum atomic E-state index is 0.437. The van der Waals surface area contributed by atoms with Crippen molar-refractivity contribution in [3.8, 4) is 0 Å². The topological polar surface area (TPSA) is 0 Å². The van der Waals surface area contributed by atoms with Crippen LogP contribution in [0.15, 0.2) is 0 Å². The molecule has 0 amide bonds. The Morgan fingerprint density at radius 2 is 0.836 bits per heavy atom. The standard InChI is InChI=1S/3C8H18.2C7H12.5C7H14/c1-7(2,3)8(4,5)6;1-6-7(2)8(3,4)5;1-6(2)8(5)7(3)4;1-7(4-5-7)6-2-3-6;1-5-4-7(5)6-2-3-6;1-6-4-7(2,3)5-6;1-6-4-5-7(6,2)3;2*1-5-4-6(2)7(5)3;1-3-7-4-6(2)5-7/h1-6H3;7H,6H2,1-5H3;6-8H,1-5H3;6H,2-5H2,1H3;5-7H,2-4H2,1H3;2*6H,4-5H2,1-3H3;2*5-7H,4H2,1-3H3;6-7H,3-5H2,1-2H3/t;;;;5-,7?;;;;;/m....0...../s1. The molecule has 0 heterocycles. The van der Waals surface area contributed by atoms with Crippen LogP contribution < -0.4 is 0 Å². The molecule has 9 aliphatic rings. The lowest BCUT2D eigenvalue weighted by molar-refractivity contribution is 0.0892. The maximum Gasteiger partial charge on any atom is -0.0297 e. The molecule has 0 aromatic heterocycles. The maximum atomic E-state index is 2.44. The first-order chi connectivity index (χ1) is 33.0. The predicted molar refractivity (Wildman–Crippen MR) is 337 cm³/mol. The Kier molecular flexibility index (Phi) is 31.7. The van der Waals surface area contributed by atoms with Crippen LogP contribution in [0.25, 0.3) is 0 Å². The lowest BCUT2D eigenvalue weighted by Gasteiger charge is -2.42. The van der Waals surface area contributed by atoms with E-state index >= 15 is 0 Å². The Morgan fingerprint density at radius 1 is 0.466 bits per heavy atom. The molecule has 0 aromatic carbocycles. The summed E-state index contributed by atoms with van der Waals surface area (Å²) in [6.45, 7) is 74.0. The highest BCUT2D eigenvalue weighted by Crippen LogP contribution is 2.60. The molecular formula is C73H148. The Balaban J connectivity index is 0.000000789. The van der Waals surface area contributed by atoms with Gasteiger partial charge in [-0.15, -0.1) is 0 Å². The summed E-state index contributed by atoms with van der Waals surface area (Å²) in [5.41, 5.74) is 3.62. The van der Waals surface area contributed by atoms with Gasteiger partial charge < -0.3 is 0 Å². The van der Waals surface area contributed by atoms with E-state index in [-0.39, 0.29) is 0 Å². The second kappa shape index (κ2) is 31.7. The quantitative estimate of drug-likeness (QED) is 0.249. The van der Waals surface area contributed by atoms with Crippen molar-refractivity contribution in [1.82, 2.24) is 0 Å². The summed E-state index contributed by atoms with van der Waals surface area (Å²) in [7, 11) is 0. The molecule has 0 nitrogen and oxygen atoms in total. The first-order valence-electron chi connectivity index (χ1n) is 33.0. The summed E-state index contributed by atoms with van der Waals surface area (Å²) in [4.78, 5) is 0. The molecule has 9 aliphatic carbocycles. The Morgan fingerprint density at radius 3 is 0.877 bits per heavy atom. The van der Waals surface area contributed by atoms with Crippen molar-refractivity contribution in [1.29, 1.82) is 0 Å². The third kappa shape index (κ3) is 30.2. The maximum absolute atomic E-state index is 2.44. The second-order valence-corrected chi connectivity index (χ2v) is 34.2. The lowest BCUT2D eigenvalue weighted by Crippen LogP contribution is -2.31. The molecule has 8 atom stereocenters. The van der Waals surface area contributed by atoms with Crippen molar-refractivity contribution in [3.05, 3.63) is 0 Å². The molecule has 0 spiro atoms. The number of hydrogen-bond donors (Lipinski definition) is 0. The third-order valence-corrected chi connectivity index (χ3v) is 22.9. The van der Waals surface area contributed by atoms with Gasteiger partial charge in [0.25, 0.3) is 0 Å². The number of hydrogen-bond acceptors (Lipinski definition) is 0. The first-order valence-corrected chi connectivity index (χ1v) is 33.0. The summed E-state index contributed by atoms with van der Waals surface area (Å²) in [5, 5.41) is 0. The van der Waals surface area contributed by atoms with Gasteiger partial charge in [-0.3, -0.25) is 0 Å². The molecule has 9 fully saturated rings. The summed E-state index contributed by atoms with van der Waals surface area (Å²) < 4.78 is 0. The van der Waals surface area contributed by atoms with E-state index in [1.54, 1.807) is 19.3 Å². The molecule has 7 unspecified atom stereocenters. The van der Waals surface area contributed by atoms with E-state index in [2.05, 4.69) is 222 Å². The molecular weight excluding hydrogens is 877 g/mol. The van der Waals surface area contributed by atoms with Crippen LogP contribution in [0.2, 0.25) is 0 Å². The van der Waals surface area contributed by atoms with Gasteiger partial charge in [0.05, 0.1) is 0 Å². The minimum Gasteiger partial charge on any atom is -0.0651 e. The molecule has 0 radical (unpaired) electrons. The van der Waals surface area contributed by atoms with E-state index in [1.165, 1.54) is 102 Å². The number of rotatable bonds is 6. The molecule has 0 N–H and O–H groups in total. The van der Waals surface area contributed by atoms with E-state index in [4.69, 9.17) is 0 Å². The van der Waals surface area contributed by atoms with Gasteiger partial charge >= 0.3 is 0 Å². The van der Waals surface area contributed by atoms with Gasteiger partial charge in [-0.05, 0) is 235 Å². The van der Waals surface area contributed by atoms with Crippen LogP contribution in [0.4, 0.5) is 0 Å². The van der Waals surface area contributed by atoms with E-state index in [9.17, 15) is 0 Å². The minimum absolute atomic E-state index is 0.437. The SMILES string of the molecule is CC(C)(C)C(C)(C)C.CC(C)C(C)C(C)C.CC1(C2CC2)CC1.CC1CC(C)(C)C1.CC1CC(C)C1C.CC1CC(C)C1C.CC1CCC1(C)C.CCC(C)C(C)(C)C.CCC1CC(C)C1.C[C@H]1CC1C1CC1. The van der Waals surface area contributed by atoms with E-state index in [1.807, 2.05) is 0 Å². The zero-order valence-electron chi connectivity index (χ0n) is 57.4. The summed E-state index contributed by atoms with van der Waals surface area (Å²) in [6.07, 6.45) is 25.2. The Hall–Kier alpha value is 0. The average Bonchev–Trinajstić information content (AvgIpc) is 4.04. The van der Waals surface area contributed by atoms with Gasteiger partial charge in [0.15, 0.2) is 0 Å². The molecule has 0 aromatic rings. The van der Waals surface area contributed by atoms with Crippen molar-refractivity contribution < 1.29 is 0 Å². The monoisotopic (exact) mass is 1030 g/mol. The fourth-order valence-corrected chi connectivity index (χ4v) is 11.3. The summed E-state index contributed by atoms with van der Waals surface area (Å²) in [6, 6.07) is 0. The van der Waals surface area contributed by atoms with Crippen molar-refractivity contribution in [2.45, 2.75) is 331 Å². The van der Waals surface area contributed by atoms with E-state index in [0.29, 0.717) is 27.1 Å². The van der Waals surface area contributed by atoms with E-state index in [0.717, 1.165) is 100 Å². The van der Waals surface area contributed by atoms with Crippen molar-refractivity contribution in [2.24, 2.45) is 139 Å². The summed E-state index contributed by atoms with van der Waals surface area (Å²) >= 11 is 0. The summed E-state index contributed by atoms with van der Waals surface area (Å²) in [5.74, 6) is 18.2. The normalized spacial score (nSPS) is 32.8. The van der Waals surface area contributed by atoms with Crippen LogP contribution in [0, 0.1) is 139 Å². The third-order valence-electron chi connectivity index (χ3n) is 22.9. The average molecular weight is 1030 g/mol. The van der Waals surface area contributed by atoms with Gasteiger partial charge in [-0.25, -0.2) is 0 Å². The van der Waals surface area contributed by atoms with Gasteiger partial charge in [-0.2, -0.15) is 0 Å². The molecule has 0 saturated heterocycles. The molecule has 0 aliphatic heterocycles. The Bertz CT molecular complexity index is 1320. The van der Waals surface area contributed by atoms with Crippen molar-refractivity contribution >= 4 is 0 Å². The molecule has 0 bridgehead atoms. The highest BCUT2D eigenvalue weighted by molar-refractivity contribution is 5.00. The molecule has 73 heavy (non-hydrogen) atoms. The zero-order valence-corrected chi connectivity index (χ0v) is 57.4. The molecule has 440 valence electrons. The van der Waals surface area contributed by atoms with Crippen LogP contribution in [-0.2, 0) is 0 Å². The van der Waals surface area contributed by atoms with Crippen molar-refractivity contribution in [2.75, 3.05) is 0 Å².